The second kappa shape index (κ2) is 4.52. The van der Waals surface area contributed by atoms with Crippen LogP contribution in [-0.4, -0.2) is 30.0 Å². The van der Waals surface area contributed by atoms with Crippen LogP contribution in [0.25, 0.3) is 0 Å². The minimum Gasteiger partial charge on any atom is -0.474 e. The van der Waals surface area contributed by atoms with Crippen LogP contribution in [-0.2, 0) is 4.74 Å². The van der Waals surface area contributed by atoms with Crippen LogP contribution < -0.4 is 5.32 Å². The fourth-order valence-electron chi connectivity index (χ4n) is 0.303. The zero-order valence-corrected chi connectivity index (χ0v) is 6.36. The number of aliphatic hydroxyl groups excluding tert-OH is 1. The summed E-state index contributed by atoms with van der Waals surface area (Å²) < 4.78 is 4.61. The number of thiocarbonyl (C=S) groups is 1. The molecule has 0 aromatic rings. The standard InChI is InChI=1S/C5H11NO2S/c1-4(7)3-6-5(9)8-2/h4,7H,3H2,1-2H3,(H,6,9). The van der Waals surface area contributed by atoms with Crippen LogP contribution in [0.5, 0.6) is 0 Å². The van der Waals surface area contributed by atoms with Crippen molar-refractivity contribution in [2.75, 3.05) is 13.7 Å². The quantitative estimate of drug-likeness (QED) is 0.537. The lowest BCUT2D eigenvalue weighted by molar-refractivity contribution is 0.195. The largest absolute Gasteiger partial charge is 0.474 e. The molecule has 0 amide bonds. The predicted molar refractivity (Wildman–Crippen MR) is 39.3 cm³/mol. The number of aliphatic hydroxyl groups is 1. The van der Waals surface area contributed by atoms with Crippen LogP contribution in [0.4, 0.5) is 0 Å². The van der Waals surface area contributed by atoms with Gasteiger partial charge in [0.25, 0.3) is 5.17 Å². The maximum atomic E-state index is 8.72. The molecule has 3 nitrogen and oxygen atoms in total. The van der Waals surface area contributed by atoms with Crippen LogP contribution >= 0.6 is 12.2 Å². The SMILES string of the molecule is COC(=S)NCC(C)O. The van der Waals surface area contributed by atoms with Crippen LogP contribution in [0.2, 0.25) is 0 Å². The van der Waals surface area contributed by atoms with E-state index in [1.54, 1.807) is 6.92 Å². The summed E-state index contributed by atoms with van der Waals surface area (Å²) in [5, 5.41) is 11.7. The summed E-state index contributed by atoms with van der Waals surface area (Å²) in [4.78, 5) is 0. The highest BCUT2D eigenvalue weighted by Gasteiger charge is 1.95. The van der Waals surface area contributed by atoms with Crippen molar-refractivity contribution in [3.8, 4) is 0 Å². The smallest absolute Gasteiger partial charge is 0.256 e. The van der Waals surface area contributed by atoms with E-state index in [2.05, 4.69) is 22.3 Å². The van der Waals surface area contributed by atoms with E-state index in [1.165, 1.54) is 7.11 Å². The van der Waals surface area contributed by atoms with Gasteiger partial charge in [-0.25, -0.2) is 0 Å². The van der Waals surface area contributed by atoms with Crippen molar-refractivity contribution in [3.05, 3.63) is 0 Å². The van der Waals surface area contributed by atoms with Crippen molar-refractivity contribution in [1.29, 1.82) is 0 Å². The molecule has 0 spiro atoms. The normalized spacial score (nSPS) is 12.3. The Hall–Kier alpha value is -0.350. The summed E-state index contributed by atoms with van der Waals surface area (Å²) >= 11 is 4.63. The molecule has 0 rings (SSSR count). The Morgan fingerprint density at radius 1 is 1.89 bits per heavy atom. The fraction of sp³-hybridized carbons (Fsp3) is 0.800. The summed E-state index contributed by atoms with van der Waals surface area (Å²) in [6.45, 7) is 2.11. The van der Waals surface area contributed by atoms with E-state index in [1.807, 2.05) is 0 Å². The van der Waals surface area contributed by atoms with Gasteiger partial charge in [-0.15, -0.1) is 0 Å². The van der Waals surface area contributed by atoms with E-state index in [0.29, 0.717) is 11.7 Å². The van der Waals surface area contributed by atoms with Gasteiger partial charge < -0.3 is 15.2 Å². The molecule has 0 aromatic heterocycles. The summed E-state index contributed by atoms with van der Waals surface area (Å²) in [5.74, 6) is 0. The van der Waals surface area contributed by atoms with Gasteiger partial charge in [0.1, 0.15) is 0 Å². The van der Waals surface area contributed by atoms with E-state index >= 15 is 0 Å². The van der Waals surface area contributed by atoms with Crippen molar-refractivity contribution in [2.24, 2.45) is 0 Å². The number of methoxy groups -OCH3 is 1. The lowest BCUT2D eigenvalue weighted by atomic mass is 10.4. The Kier molecular flexibility index (Phi) is 4.35. The minimum absolute atomic E-state index is 0.316. The molecular weight excluding hydrogens is 138 g/mol. The van der Waals surface area contributed by atoms with Crippen molar-refractivity contribution in [3.63, 3.8) is 0 Å². The van der Waals surface area contributed by atoms with Gasteiger partial charge in [0.2, 0.25) is 0 Å². The molecule has 0 saturated carbocycles. The Morgan fingerprint density at radius 2 is 2.44 bits per heavy atom. The van der Waals surface area contributed by atoms with Crippen molar-refractivity contribution < 1.29 is 9.84 Å². The minimum atomic E-state index is -0.391. The molecule has 0 bridgehead atoms. The number of hydrogen-bond acceptors (Lipinski definition) is 3. The predicted octanol–water partition coefficient (Wildman–Crippen LogP) is -0.112. The second-order valence-corrected chi connectivity index (χ2v) is 2.09. The fourth-order valence-corrected chi connectivity index (χ4v) is 0.387. The van der Waals surface area contributed by atoms with Gasteiger partial charge in [0.15, 0.2) is 0 Å². The van der Waals surface area contributed by atoms with Gasteiger partial charge in [-0.2, -0.15) is 0 Å². The van der Waals surface area contributed by atoms with Gasteiger partial charge in [0, 0.05) is 6.54 Å². The molecule has 1 unspecified atom stereocenters. The average Bonchev–Trinajstić information content (AvgIpc) is 1.83. The first-order chi connectivity index (χ1) is 4.16. The first kappa shape index (κ1) is 8.65. The molecule has 9 heavy (non-hydrogen) atoms. The zero-order valence-electron chi connectivity index (χ0n) is 5.55. The molecule has 54 valence electrons. The Balaban J connectivity index is 3.17. The Bertz CT molecular complexity index is 95.0. The molecule has 0 aliphatic heterocycles. The van der Waals surface area contributed by atoms with Gasteiger partial charge in [0.05, 0.1) is 13.2 Å². The number of nitrogens with one attached hydrogen (secondary N) is 1. The van der Waals surface area contributed by atoms with E-state index in [9.17, 15) is 0 Å². The van der Waals surface area contributed by atoms with Crippen molar-refractivity contribution in [2.45, 2.75) is 13.0 Å². The molecule has 4 heteroatoms. The third-order valence-electron chi connectivity index (χ3n) is 0.727. The summed E-state index contributed by atoms with van der Waals surface area (Å²) in [6.07, 6.45) is -0.391. The highest BCUT2D eigenvalue weighted by Crippen LogP contribution is 1.76. The summed E-state index contributed by atoms with van der Waals surface area (Å²) in [6, 6.07) is 0. The number of rotatable bonds is 2. The van der Waals surface area contributed by atoms with E-state index < -0.39 is 6.10 Å². The van der Waals surface area contributed by atoms with E-state index in [4.69, 9.17) is 5.11 Å². The summed E-state index contributed by atoms with van der Waals surface area (Å²) in [5.41, 5.74) is 0. The molecule has 0 aliphatic carbocycles. The first-order valence-corrected chi connectivity index (χ1v) is 3.07. The second-order valence-electron chi connectivity index (χ2n) is 1.72. The lowest BCUT2D eigenvalue weighted by Crippen LogP contribution is -2.29. The van der Waals surface area contributed by atoms with Crippen molar-refractivity contribution >= 4 is 17.4 Å². The Labute approximate surface area is 60.0 Å². The zero-order chi connectivity index (χ0) is 7.28. The van der Waals surface area contributed by atoms with Crippen LogP contribution in [0.1, 0.15) is 6.92 Å². The molecule has 2 N–H and O–H groups in total. The van der Waals surface area contributed by atoms with Crippen LogP contribution in [0, 0.1) is 0 Å². The van der Waals surface area contributed by atoms with Gasteiger partial charge in [-0.3, -0.25) is 0 Å². The van der Waals surface area contributed by atoms with E-state index in [0.717, 1.165) is 0 Å². The Morgan fingerprint density at radius 3 is 2.78 bits per heavy atom. The molecular formula is C5H11NO2S. The van der Waals surface area contributed by atoms with Gasteiger partial charge in [-0.05, 0) is 19.1 Å². The molecule has 0 radical (unpaired) electrons. The number of ether oxygens (including phenoxy) is 1. The van der Waals surface area contributed by atoms with Crippen LogP contribution in [0.3, 0.4) is 0 Å². The topological polar surface area (TPSA) is 41.5 Å². The third kappa shape index (κ3) is 5.52. The van der Waals surface area contributed by atoms with Gasteiger partial charge >= 0.3 is 0 Å². The third-order valence-corrected chi connectivity index (χ3v) is 1.04. The molecule has 0 aromatic carbocycles. The van der Waals surface area contributed by atoms with Crippen molar-refractivity contribution in [1.82, 2.24) is 5.32 Å². The molecule has 0 heterocycles. The van der Waals surface area contributed by atoms with Crippen LogP contribution in [0.15, 0.2) is 0 Å². The maximum Gasteiger partial charge on any atom is 0.256 e. The summed E-state index contributed by atoms with van der Waals surface area (Å²) in [7, 11) is 1.48. The first-order valence-electron chi connectivity index (χ1n) is 2.66. The molecule has 0 fully saturated rings. The highest BCUT2D eigenvalue weighted by molar-refractivity contribution is 7.80. The molecule has 0 saturated heterocycles. The number of hydrogen-bond donors (Lipinski definition) is 2. The van der Waals surface area contributed by atoms with E-state index in [-0.39, 0.29) is 0 Å². The highest BCUT2D eigenvalue weighted by atomic mass is 32.1. The lowest BCUT2D eigenvalue weighted by Gasteiger charge is -2.06. The monoisotopic (exact) mass is 149 g/mol. The molecule has 0 aliphatic rings. The van der Waals surface area contributed by atoms with Gasteiger partial charge in [-0.1, -0.05) is 0 Å². The average molecular weight is 149 g/mol. The maximum absolute atomic E-state index is 8.72. The molecule has 1 atom stereocenters.